The summed E-state index contributed by atoms with van der Waals surface area (Å²) in [6.45, 7) is 7.31. The minimum Gasteiger partial charge on any atom is -0.361 e. The molecule has 3 aromatic rings. The summed E-state index contributed by atoms with van der Waals surface area (Å²) in [6.07, 6.45) is 0. The number of thiophene rings is 1. The van der Waals surface area contributed by atoms with Gasteiger partial charge in [0.05, 0.1) is 5.69 Å². The molecule has 1 aromatic carbocycles. The summed E-state index contributed by atoms with van der Waals surface area (Å²) in [5, 5.41) is 5.71. The molecule has 0 spiro atoms. The lowest BCUT2D eigenvalue weighted by molar-refractivity contribution is 0.0627. The topological polar surface area (TPSA) is 95.8 Å². The van der Waals surface area contributed by atoms with Gasteiger partial charge in [-0.05, 0) is 43.5 Å². The molecule has 0 atom stereocenters. The van der Waals surface area contributed by atoms with Gasteiger partial charge in [0.15, 0.2) is 0 Å². The molecule has 1 aliphatic rings. The van der Waals surface area contributed by atoms with E-state index in [-0.39, 0.29) is 10.1 Å². The Morgan fingerprint density at radius 2 is 1.94 bits per heavy atom. The molecule has 4 rings (SSSR count). The molecular formula is C21H24N4O4S2. The largest absolute Gasteiger partial charge is 0.361 e. The van der Waals surface area contributed by atoms with Crippen molar-refractivity contribution in [3.05, 3.63) is 64.4 Å². The SMILES string of the molecule is Cc1noc(C)c1CN1CCN(C(=O)c2cccc(NS(=O)(=O)c3cccs3)c2)CC1. The fourth-order valence-corrected chi connectivity index (χ4v) is 5.62. The first-order valence-electron chi connectivity index (χ1n) is 9.93. The highest BCUT2D eigenvalue weighted by Crippen LogP contribution is 2.22. The smallest absolute Gasteiger partial charge is 0.271 e. The van der Waals surface area contributed by atoms with E-state index >= 15 is 0 Å². The van der Waals surface area contributed by atoms with Gasteiger partial charge in [-0.25, -0.2) is 8.42 Å². The fraction of sp³-hybridized carbons (Fsp3) is 0.333. The van der Waals surface area contributed by atoms with Crippen LogP contribution < -0.4 is 4.72 Å². The highest BCUT2D eigenvalue weighted by atomic mass is 32.2. The molecule has 0 saturated carbocycles. The Kier molecular flexibility index (Phi) is 6.12. The van der Waals surface area contributed by atoms with Gasteiger partial charge in [0.25, 0.3) is 15.9 Å². The molecule has 1 saturated heterocycles. The summed E-state index contributed by atoms with van der Waals surface area (Å²) in [7, 11) is -3.65. The molecule has 10 heteroatoms. The number of sulfonamides is 1. The number of carbonyl (C=O) groups excluding carboxylic acids is 1. The second-order valence-corrected chi connectivity index (χ2v) is 10.3. The van der Waals surface area contributed by atoms with Crippen LogP contribution in [0.4, 0.5) is 5.69 Å². The number of nitrogens with one attached hydrogen (secondary N) is 1. The second kappa shape index (κ2) is 8.81. The summed E-state index contributed by atoms with van der Waals surface area (Å²) in [5.74, 6) is 0.729. The highest BCUT2D eigenvalue weighted by Gasteiger charge is 2.24. The van der Waals surface area contributed by atoms with Crippen LogP contribution in [0.25, 0.3) is 0 Å². The quantitative estimate of drug-likeness (QED) is 0.607. The molecule has 0 bridgehead atoms. The molecule has 3 heterocycles. The van der Waals surface area contributed by atoms with Gasteiger partial charge in [0.1, 0.15) is 9.97 Å². The van der Waals surface area contributed by atoms with Gasteiger partial charge >= 0.3 is 0 Å². The van der Waals surface area contributed by atoms with Gasteiger partial charge in [-0.2, -0.15) is 0 Å². The number of anilines is 1. The zero-order valence-electron chi connectivity index (χ0n) is 17.4. The molecule has 1 aliphatic heterocycles. The molecule has 164 valence electrons. The Morgan fingerprint density at radius 3 is 2.58 bits per heavy atom. The van der Waals surface area contributed by atoms with Crippen LogP contribution in [0.15, 0.2) is 50.5 Å². The third-order valence-electron chi connectivity index (χ3n) is 5.34. The fourth-order valence-electron chi connectivity index (χ4n) is 3.58. The summed E-state index contributed by atoms with van der Waals surface area (Å²) < 4.78 is 32.9. The van der Waals surface area contributed by atoms with Crippen LogP contribution in [0.3, 0.4) is 0 Å². The monoisotopic (exact) mass is 460 g/mol. The average molecular weight is 461 g/mol. The lowest BCUT2D eigenvalue weighted by atomic mass is 10.1. The minimum absolute atomic E-state index is 0.103. The number of aryl methyl sites for hydroxylation is 2. The van der Waals surface area contributed by atoms with Crippen LogP contribution >= 0.6 is 11.3 Å². The molecule has 0 unspecified atom stereocenters. The number of benzene rings is 1. The van der Waals surface area contributed by atoms with Crippen molar-refractivity contribution in [3.63, 3.8) is 0 Å². The number of rotatable bonds is 6. The first-order chi connectivity index (χ1) is 14.8. The van der Waals surface area contributed by atoms with Crippen molar-refractivity contribution >= 4 is 33.0 Å². The second-order valence-electron chi connectivity index (χ2n) is 7.49. The van der Waals surface area contributed by atoms with E-state index in [4.69, 9.17) is 4.52 Å². The Labute approximate surface area is 185 Å². The van der Waals surface area contributed by atoms with Gasteiger partial charge in [0.2, 0.25) is 0 Å². The van der Waals surface area contributed by atoms with Gasteiger partial charge in [0, 0.05) is 49.5 Å². The molecular weight excluding hydrogens is 436 g/mol. The van der Waals surface area contributed by atoms with Crippen LogP contribution in [-0.2, 0) is 16.6 Å². The Morgan fingerprint density at radius 1 is 1.16 bits per heavy atom. The van der Waals surface area contributed by atoms with Gasteiger partial charge in [-0.3, -0.25) is 14.4 Å². The molecule has 2 aromatic heterocycles. The number of amides is 1. The van der Waals surface area contributed by atoms with Crippen LogP contribution in [-0.4, -0.2) is 55.5 Å². The Hall–Kier alpha value is -2.69. The van der Waals surface area contributed by atoms with Crippen molar-refractivity contribution in [1.29, 1.82) is 0 Å². The number of carbonyl (C=O) groups is 1. The Bertz CT molecular complexity index is 1140. The molecule has 1 fully saturated rings. The third-order valence-corrected chi connectivity index (χ3v) is 8.12. The van der Waals surface area contributed by atoms with Crippen LogP contribution in [0.5, 0.6) is 0 Å². The van der Waals surface area contributed by atoms with E-state index in [0.29, 0.717) is 24.3 Å². The number of aromatic nitrogens is 1. The van der Waals surface area contributed by atoms with Gasteiger partial charge < -0.3 is 9.42 Å². The molecule has 0 aliphatic carbocycles. The highest BCUT2D eigenvalue weighted by molar-refractivity contribution is 7.94. The molecule has 31 heavy (non-hydrogen) atoms. The van der Waals surface area contributed by atoms with E-state index in [1.807, 2.05) is 13.8 Å². The first-order valence-corrected chi connectivity index (χ1v) is 12.3. The zero-order valence-corrected chi connectivity index (χ0v) is 19.0. The van der Waals surface area contributed by atoms with E-state index in [9.17, 15) is 13.2 Å². The van der Waals surface area contributed by atoms with Crippen LogP contribution in [0, 0.1) is 13.8 Å². The summed E-state index contributed by atoms with van der Waals surface area (Å²) in [4.78, 5) is 17.1. The molecule has 0 radical (unpaired) electrons. The number of hydrogen-bond acceptors (Lipinski definition) is 7. The Balaban J connectivity index is 1.39. The predicted octanol–water partition coefficient (Wildman–Crippen LogP) is 3.11. The van der Waals surface area contributed by atoms with Crippen molar-refractivity contribution in [3.8, 4) is 0 Å². The van der Waals surface area contributed by atoms with Crippen molar-refractivity contribution in [1.82, 2.24) is 15.0 Å². The number of piperazine rings is 1. The van der Waals surface area contributed by atoms with E-state index < -0.39 is 10.0 Å². The standard InChI is InChI=1S/C21H24N4O4S2/c1-15-19(16(2)29-22-15)14-24-8-10-25(11-9-24)21(26)17-5-3-6-18(13-17)23-31(27,28)20-7-4-12-30-20/h3-7,12-13,23H,8-11,14H2,1-2H3. The molecule has 8 nitrogen and oxygen atoms in total. The maximum Gasteiger partial charge on any atom is 0.271 e. The normalized spacial score (nSPS) is 15.2. The summed E-state index contributed by atoms with van der Waals surface area (Å²) in [6, 6.07) is 9.86. The van der Waals surface area contributed by atoms with Crippen molar-refractivity contribution < 1.29 is 17.7 Å². The van der Waals surface area contributed by atoms with E-state index in [1.54, 1.807) is 46.7 Å². The van der Waals surface area contributed by atoms with E-state index in [2.05, 4.69) is 14.8 Å². The summed E-state index contributed by atoms with van der Waals surface area (Å²) >= 11 is 1.15. The van der Waals surface area contributed by atoms with E-state index in [0.717, 1.165) is 48.0 Å². The van der Waals surface area contributed by atoms with Gasteiger partial charge in [-0.1, -0.05) is 17.3 Å². The lowest BCUT2D eigenvalue weighted by Gasteiger charge is -2.34. The van der Waals surface area contributed by atoms with Crippen LogP contribution in [0.1, 0.15) is 27.4 Å². The number of nitrogens with zero attached hydrogens (tertiary/aromatic N) is 3. The third kappa shape index (κ3) is 4.81. The predicted molar refractivity (Wildman–Crippen MR) is 119 cm³/mol. The first kappa shape index (κ1) is 21.5. The minimum atomic E-state index is -3.65. The molecule has 1 N–H and O–H groups in total. The lowest BCUT2D eigenvalue weighted by Crippen LogP contribution is -2.48. The maximum atomic E-state index is 13.0. The zero-order chi connectivity index (χ0) is 22.0. The van der Waals surface area contributed by atoms with Crippen molar-refractivity contribution in [2.75, 3.05) is 30.9 Å². The van der Waals surface area contributed by atoms with Crippen molar-refractivity contribution in [2.24, 2.45) is 0 Å². The summed E-state index contributed by atoms with van der Waals surface area (Å²) in [5.41, 5.74) is 2.84. The van der Waals surface area contributed by atoms with Crippen molar-refractivity contribution in [2.45, 2.75) is 24.6 Å². The average Bonchev–Trinajstić information content (AvgIpc) is 3.41. The van der Waals surface area contributed by atoms with Gasteiger partial charge in [-0.15, -0.1) is 11.3 Å². The number of hydrogen-bond donors (Lipinski definition) is 1. The molecule has 1 amide bonds. The maximum absolute atomic E-state index is 13.0. The van der Waals surface area contributed by atoms with Crippen LogP contribution in [0.2, 0.25) is 0 Å². The van der Waals surface area contributed by atoms with E-state index in [1.165, 1.54) is 0 Å².